The van der Waals surface area contributed by atoms with Crippen LogP contribution in [0.5, 0.6) is 5.75 Å². The molecule has 0 aliphatic rings. The molecule has 0 saturated heterocycles. The summed E-state index contributed by atoms with van der Waals surface area (Å²) < 4.78 is 5.50. The summed E-state index contributed by atoms with van der Waals surface area (Å²) in [5.41, 5.74) is 0.716. The molecule has 41 heavy (non-hydrogen) atoms. The number of ether oxygens (including phenoxy) is 1. The summed E-state index contributed by atoms with van der Waals surface area (Å²) in [7, 11) is 0. The van der Waals surface area contributed by atoms with Crippen molar-refractivity contribution in [3.63, 3.8) is 0 Å². The lowest BCUT2D eigenvalue weighted by atomic mass is 9.99. The topological polar surface area (TPSA) is 108 Å². The van der Waals surface area contributed by atoms with E-state index in [2.05, 4.69) is 24.5 Å². The van der Waals surface area contributed by atoms with Crippen LogP contribution in [0.1, 0.15) is 96.7 Å². The van der Waals surface area contributed by atoms with Crippen molar-refractivity contribution in [1.82, 2.24) is 15.5 Å². The average Bonchev–Trinajstić information content (AvgIpc) is 2.92. The Balaban J connectivity index is 2.48. The van der Waals surface area contributed by atoms with Gasteiger partial charge in [-0.3, -0.25) is 9.59 Å². The maximum atomic E-state index is 14.4. The molecule has 0 fully saturated rings. The molecule has 0 aliphatic heterocycles. The summed E-state index contributed by atoms with van der Waals surface area (Å²) in [6.07, 6.45) is 6.15. The SMILES string of the molecule is CCCCCCCN(C(=O)C(Cc1ccc(O)cc1)NC(=O)OC(C)(C)C)C(C(=O)NCCCC)c1ccccc1. The number of hydrogen-bond donors (Lipinski definition) is 3. The second kappa shape index (κ2) is 17.3. The highest BCUT2D eigenvalue weighted by Gasteiger charge is 2.36. The molecule has 2 aromatic rings. The van der Waals surface area contributed by atoms with Gasteiger partial charge in [-0.25, -0.2) is 4.79 Å². The van der Waals surface area contributed by atoms with Gasteiger partial charge in [0.1, 0.15) is 23.4 Å². The first-order chi connectivity index (χ1) is 19.6. The Hall–Kier alpha value is -3.55. The summed E-state index contributed by atoms with van der Waals surface area (Å²) in [5.74, 6) is -0.496. The van der Waals surface area contributed by atoms with Gasteiger partial charge in [0, 0.05) is 19.5 Å². The number of phenols is 1. The standard InChI is InChI=1S/C33H49N3O5/c1-6-8-10-11-15-23-36(29(26-16-13-12-14-17-26)30(38)34-22-9-7-2)31(39)28(35-32(40)41-33(3,4)5)24-25-18-20-27(37)21-19-25/h12-14,16-21,28-29,37H,6-11,15,22-24H2,1-5H3,(H,34,38)(H,35,40). The largest absolute Gasteiger partial charge is 0.508 e. The molecule has 0 saturated carbocycles. The Morgan fingerprint density at radius 3 is 2.12 bits per heavy atom. The molecule has 3 amide bonds. The fourth-order valence-corrected chi connectivity index (χ4v) is 4.56. The zero-order valence-electron chi connectivity index (χ0n) is 25.4. The first-order valence-corrected chi connectivity index (χ1v) is 15.0. The fourth-order valence-electron chi connectivity index (χ4n) is 4.56. The van der Waals surface area contributed by atoms with Crippen molar-refractivity contribution >= 4 is 17.9 Å². The van der Waals surface area contributed by atoms with Crippen LogP contribution in [-0.2, 0) is 20.7 Å². The maximum Gasteiger partial charge on any atom is 0.408 e. The van der Waals surface area contributed by atoms with Crippen LogP contribution in [0.25, 0.3) is 0 Å². The quantitative estimate of drug-likeness (QED) is 0.207. The zero-order valence-corrected chi connectivity index (χ0v) is 25.4. The van der Waals surface area contributed by atoms with Crippen molar-refractivity contribution < 1.29 is 24.2 Å². The van der Waals surface area contributed by atoms with Crippen LogP contribution in [0, 0.1) is 0 Å². The van der Waals surface area contributed by atoms with Crippen molar-refractivity contribution in [2.75, 3.05) is 13.1 Å². The van der Waals surface area contributed by atoms with Gasteiger partial charge in [0.15, 0.2) is 0 Å². The summed E-state index contributed by atoms with van der Waals surface area (Å²) in [5, 5.41) is 15.6. The van der Waals surface area contributed by atoms with Gasteiger partial charge < -0.3 is 25.4 Å². The predicted octanol–water partition coefficient (Wildman–Crippen LogP) is 6.28. The minimum Gasteiger partial charge on any atom is -0.508 e. The molecule has 3 N–H and O–H groups in total. The smallest absolute Gasteiger partial charge is 0.408 e. The van der Waals surface area contributed by atoms with Gasteiger partial charge in [0.2, 0.25) is 11.8 Å². The number of carbonyl (C=O) groups is 3. The van der Waals surface area contributed by atoms with Gasteiger partial charge in [0.25, 0.3) is 0 Å². The number of aromatic hydroxyl groups is 1. The van der Waals surface area contributed by atoms with E-state index in [1.807, 2.05) is 30.3 Å². The van der Waals surface area contributed by atoms with E-state index in [4.69, 9.17) is 4.74 Å². The highest BCUT2D eigenvalue weighted by Crippen LogP contribution is 2.25. The van der Waals surface area contributed by atoms with E-state index in [0.29, 0.717) is 18.7 Å². The monoisotopic (exact) mass is 567 g/mol. The molecule has 0 spiro atoms. The molecule has 2 rings (SSSR count). The van der Waals surface area contributed by atoms with E-state index in [-0.39, 0.29) is 24.0 Å². The molecule has 0 heterocycles. The number of hydrogen-bond acceptors (Lipinski definition) is 5. The van der Waals surface area contributed by atoms with Crippen LogP contribution in [0.2, 0.25) is 0 Å². The second-order valence-corrected chi connectivity index (χ2v) is 11.5. The van der Waals surface area contributed by atoms with Gasteiger partial charge in [-0.05, 0) is 56.9 Å². The Morgan fingerprint density at radius 1 is 0.878 bits per heavy atom. The average molecular weight is 568 g/mol. The molecule has 2 unspecified atom stereocenters. The number of alkyl carbamates (subject to hydrolysis) is 1. The first-order valence-electron chi connectivity index (χ1n) is 15.0. The van der Waals surface area contributed by atoms with Crippen LogP contribution in [0.15, 0.2) is 54.6 Å². The molecule has 226 valence electrons. The number of benzene rings is 2. The van der Waals surface area contributed by atoms with E-state index >= 15 is 0 Å². The van der Waals surface area contributed by atoms with Crippen molar-refractivity contribution in [3.05, 3.63) is 65.7 Å². The number of nitrogens with one attached hydrogen (secondary N) is 2. The summed E-state index contributed by atoms with van der Waals surface area (Å²) in [6.45, 7) is 10.4. The lowest BCUT2D eigenvalue weighted by molar-refractivity contribution is -0.142. The molecule has 0 radical (unpaired) electrons. The molecular weight excluding hydrogens is 518 g/mol. The normalized spacial score (nSPS) is 12.7. The Bertz CT molecular complexity index is 1070. The molecule has 2 atom stereocenters. The zero-order chi connectivity index (χ0) is 30.3. The van der Waals surface area contributed by atoms with Gasteiger partial charge in [0.05, 0.1) is 0 Å². The van der Waals surface area contributed by atoms with Crippen molar-refractivity contribution in [1.29, 1.82) is 0 Å². The Labute approximate surface area is 245 Å². The van der Waals surface area contributed by atoms with Gasteiger partial charge >= 0.3 is 6.09 Å². The summed E-state index contributed by atoms with van der Waals surface area (Å²) >= 11 is 0. The molecule has 0 aliphatic carbocycles. The van der Waals surface area contributed by atoms with Gasteiger partial charge in [-0.2, -0.15) is 0 Å². The van der Waals surface area contributed by atoms with E-state index < -0.39 is 23.8 Å². The van der Waals surface area contributed by atoms with Crippen LogP contribution >= 0.6 is 0 Å². The lowest BCUT2D eigenvalue weighted by Crippen LogP contribution is -2.54. The van der Waals surface area contributed by atoms with E-state index in [1.54, 1.807) is 49.9 Å². The third-order valence-corrected chi connectivity index (χ3v) is 6.66. The van der Waals surface area contributed by atoms with Crippen molar-refractivity contribution in [2.24, 2.45) is 0 Å². The summed E-state index contributed by atoms with van der Waals surface area (Å²) in [4.78, 5) is 42.6. The first kappa shape index (κ1) is 33.7. The van der Waals surface area contributed by atoms with Crippen LogP contribution in [0.3, 0.4) is 0 Å². The van der Waals surface area contributed by atoms with Crippen molar-refractivity contribution in [2.45, 2.75) is 104 Å². The Morgan fingerprint density at radius 2 is 1.51 bits per heavy atom. The predicted molar refractivity (Wildman–Crippen MR) is 163 cm³/mol. The van der Waals surface area contributed by atoms with E-state index in [1.165, 1.54) is 0 Å². The third-order valence-electron chi connectivity index (χ3n) is 6.66. The highest BCUT2D eigenvalue weighted by atomic mass is 16.6. The van der Waals surface area contributed by atoms with Crippen LogP contribution < -0.4 is 10.6 Å². The van der Waals surface area contributed by atoms with Crippen LogP contribution in [-0.4, -0.2) is 52.6 Å². The van der Waals surface area contributed by atoms with Gasteiger partial charge in [-0.15, -0.1) is 0 Å². The molecule has 0 aromatic heterocycles. The fraction of sp³-hybridized carbons (Fsp3) is 0.545. The third kappa shape index (κ3) is 12.2. The lowest BCUT2D eigenvalue weighted by Gasteiger charge is -2.34. The minimum atomic E-state index is -0.986. The molecule has 2 aromatic carbocycles. The Kier molecular flexibility index (Phi) is 14.2. The number of nitrogens with zero attached hydrogens (tertiary/aromatic N) is 1. The highest BCUT2D eigenvalue weighted by molar-refractivity contribution is 5.92. The maximum absolute atomic E-state index is 14.4. The molecular formula is C33H49N3O5. The van der Waals surface area contributed by atoms with E-state index in [0.717, 1.165) is 50.5 Å². The number of amides is 3. The van der Waals surface area contributed by atoms with Crippen LogP contribution in [0.4, 0.5) is 4.79 Å². The molecule has 0 bridgehead atoms. The number of unbranched alkanes of at least 4 members (excludes halogenated alkanes) is 5. The molecule has 8 nitrogen and oxygen atoms in total. The molecule has 8 heteroatoms. The number of phenolic OH excluding ortho intramolecular Hbond substituents is 1. The van der Waals surface area contributed by atoms with E-state index in [9.17, 15) is 19.5 Å². The second-order valence-electron chi connectivity index (χ2n) is 11.5. The summed E-state index contributed by atoms with van der Waals surface area (Å²) in [6, 6.07) is 14.0. The number of rotatable bonds is 16. The number of carbonyl (C=O) groups excluding carboxylic acids is 3. The minimum absolute atomic E-state index is 0.110. The van der Waals surface area contributed by atoms with Gasteiger partial charge in [-0.1, -0.05) is 88.4 Å². The van der Waals surface area contributed by atoms with Crippen molar-refractivity contribution in [3.8, 4) is 5.75 Å².